The Hall–Kier alpha value is -2.98. The van der Waals surface area contributed by atoms with Crippen LogP contribution in [0.5, 0.6) is 0 Å². The minimum Gasteiger partial charge on any atom is -0.367 e. The molecule has 1 aromatic heterocycles. The van der Waals surface area contributed by atoms with Crippen LogP contribution in [0.4, 0.5) is 4.39 Å². The van der Waals surface area contributed by atoms with Crippen LogP contribution < -0.4 is 11.5 Å². The molecule has 3 rings (SSSR count). The van der Waals surface area contributed by atoms with Gasteiger partial charge < -0.3 is 11.5 Å². The van der Waals surface area contributed by atoms with Crippen molar-refractivity contribution in [1.82, 2.24) is 0 Å². The van der Waals surface area contributed by atoms with E-state index in [1.807, 2.05) is 0 Å². The molecule has 0 atom stereocenters. The molecule has 0 spiro atoms. The second-order valence-corrected chi connectivity index (χ2v) is 8.16. The molecular weight excluding hydrogens is 393 g/mol. The van der Waals surface area contributed by atoms with Crippen molar-refractivity contribution in [2.24, 2.45) is 16.6 Å². The van der Waals surface area contributed by atoms with Crippen LogP contribution in [0.3, 0.4) is 0 Å². The Morgan fingerprint density at radius 1 is 1.11 bits per heavy atom. The molecule has 10 heteroatoms. The largest absolute Gasteiger partial charge is 0.367 e. The normalized spacial score (nSPS) is 11.3. The van der Waals surface area contributed by atoms with E-state index in [0.29, 0.717) is 16.5 Å². The third kappa shape index (κ3) is 4.23. The van der Waals surface area contributed by atoms with Crippen molar-refractivity contribution < 1.29 is 21.9 Å². The molecule has 0 aliphatic carbocycles. The summed E-state index contributed by atoms with van der Waals surface area (Å²) in [7, 11) is -4.28. The summed E-state index contributed by atoms with van der Waals surface area (Å²) in [5.74, 6) is -2.58. The zero-order valence-corrected chi connectivity index (χ0v) is 15.4. The number of rotatable bonds is 6. The highest BCUT2D eigenvalue weighted by atomic mass is 32.2. The number of hydrogen-bond donors (Lipinski definition) is 2. The molecule has 1 heterocycles. The number of nitrogens with zero attached hydrogens (tertiary/aromatic N) is 1. The van der Waals surface area contributed by atoms with Gasteiger partial charge in [-0.3, -0.25) is 9.08 Å². The summed E-state index contributed by atoms with van der Waals surface area (Å²) in [6.07, 6.45) is 0. The van der Waals surface area contributed by atoms with Gasteiger partial charge in [0.15, 0.2) is 11.5 Å². The molecule has 27 heavy (non-hydrogen) atoms. The summed E-state index contributed by atoms with van der Waals surface area (Å²) in [6.45, 7) is 0. The van der Waals surface area contributed by atoms with Crippen LogP contribution in [0.2, 0.25) is 0 Å². The molecule has 0 unspecified atom stereocenters. The van der Waals surface area contributed by atoms with Crippen molar-refractivity contribution in [3.63, 3.8) is 0 Å². The van der Waals surface area contributed by atoms with Crippen molar-refractivity contribution in [2.45, 2.75) is 0 Å². The highest BCUT2D eigenvalue weighted by Gasteiger charge is 2.22. The number of thiophene rings is 1. The fourth-order valence-corrected chi connectivity index (χ4v) is 4.32. The number of Topliss-reactive ketones (excluding diaryl/α,β-unsaturated/α-hetero) is 1. The van der Waals surface area contributed by atoms with E-state index in [4.69, 9.17) is 11.5 Å². The molecule has 140 valence electrons. The summed E-state index contributed by atoms with van der Waals surface area (Å²) in [4.78, 5) is 12.6. The van der Waals surface area contributed by atoms with Crippen molar-refractivity contribution in [3.05, 3.63) is 59.2 Å². The minimum atomic E-state index is -4.28. The molecule has 4 N–H and O–H groups in total. The second-order valence-electron chi connectivity index (χ2n) is 5.52. The van der Waals surface area contributed by atoms with E-state index < -0.39 is 33.4 Å². The van der Waals surface area contributed by atoms with Crippen LogP contribution >= 0.6 is 11.3 Å². The van der Waals surface area contributed by atoms with Gasteiger partial charge in [-0.15, -0.1) is 11.3 Å². The number of guanidine groups is 1. The van der Waals surface area contributed by atoms with Gasteiger partial charge in [0.25, 0.3) is 0 Å². The van der Waals surface area contributed by atoms with Gasteiger partial charge >= 0.3 is 10.1 Å². The molecule has 0 fully saturated rings. The average Bonchev–Trinajstić information content (AvgIpc) is 3.05. The Bertz CT molecular complexity index is 1150. The Morgan fingerprint density at radius 2 is 1.81 bits per heavy atom. The number of fused-ring (bicyclic) bond motifs is 1. The maximum absolute atomic E-state index is 14.1. The first kappa shape index (κ1) is 18.8. The fraction of sp³-hybridized carbons (Fsp3) is 0.0588. The highest BCUT2D eigenvalue weighted by Crippen LogP contribution is 2.35. The van der Waals surface area contributed by atoms with Crippen molar-refractivity contribution in [1.29, 1.82) is 0 Å². The lowest BCUT2D eigenvalue weighted by Crippen LogP contribution is -2.24. The Kier molecular flexibility index (Phi) is 5.10. The standard InChI is InChI=1S/C17H14FN3O4S2/c18-13-6-2-1-4-11(13)10-5-3-7-15-12(10)8-16(26-15)14(22)9-27(23,24)25-21-17(19)20/h1-8H,9H2,(H4,19,20,21). The lowest BCUT2D eigenvalue weighted by molar-refractivity contribution is 0.102. The van der Waals surface area contributed by atoms with Gasteiger partial charge in [0.1, 0.15) is 5.82 Å². The maximum Gasteiger partial charge on any atom is 0.336 e. The van der Waals surface area contributed by atoms with E-state index in [-0.39, 0.29) is 4.88 Å². The van der Waals surface area contributed by atoms with Crippen LogP contribution in [0.1, 0.15) is 9.67 Å². The zero-order valence-electron chi connectivity index (χ0n) is 13.8. The zero-order chi connectivity index (χ0) is 19.6. The van der Waals surface area contributed by atoms with E-state index in [1.54, 1.807) is 42.5 Å². The second kappa shape index (κ2) is 7.33. The summed E-state index contributed by atoms with van der Waals surface area (Å²) < 4.78 is 42.6. The van der Waals surface area contributed by atoms with Crippen molar-refractivity contribution in [3.8, 4) is 11.1 Å². The first-order chi connectivity index (χ1) is 12.8. The number of carbonyl (C=O) groups excluding carboxylic acids is 1. The highest BCUT2D eigenvalue weighted by molar-refractivity contribution is 7.87. The number of hydrogen-bond acceptors (Lipinski definition) is 6. The molecule has 0 radical (unpaired) electrons. The molecule has 0 aliphatic rings. The molecule has 2 aromatic carbocycles. The number of carbonyl (C=O) groups is 1. The van der Waals surface area contributed by atoms with Crippen LogP contribution in [-0.4, -0.2) is 25.9 Å². The average molecular weight is 407 g/mol. The number of benzene rings is 2. The quantitative estimate of drug-likeness (QED) is 0.280. The van der Waals surface area contributed by atoms with Crippen LogP contribution in [0.25, 0.3) is 21.2 Å². The lowest BCUT2D eigenvalue weighted by Gasteiger charge is -2.04. The number of halogens is 1. The van der Waals surface area contributed by atoms with E-state index in [9.17, 15) is 17.6 Å². The molecule has 3 aromatic rings. The SMILES string of the molecule is NC(N)=NOS(=O)(=O)CC(=O)c1cc2c(-c3ccccc3F)cccc2s1. The van der Waals surface area contributed by atoms with Crippen molar-refractivity contribution >= 4 is 43.3 Å². The van der Waals surface area contributed by atoms with E-state index in [1.165, 1.54) is 6.07 Å². The predicted octanol–water partition coefficient (Wildman–Crippen LogP) is 2.42. The van der Waals surface area contributed by atoms with Gasteiger partial charge in [-0.05, 0) is 28.9 Å². The number of ketones is 1. The summed E-state index contributed by atoms with van der Waals surface area (Å²) in [5, 5.41) is 3.59. The molecular formula is C17H14FN3O4S2. The smallest absolute Gasteiger partial charge is 0.336 e. The molecule has 0 saturated heterocycles. The molecule has 0 saturated carbocycles. The van der Waals surface area contributed by atoms with Gasteiger partial charge in [-0.1, -0.05) is 30.3 Å². The summed E-state index contributed by atoms with van der Waals surface area (Å²) in [5.41, 5.74) is 11.0. The molecule has 7 nitrogen and oxygen atoms in total. The van der Waals surface area contributed by atoms with E-state index in [2.05, 4.69) is 9.44 Å². The van der Waals surface area contributed by atoms with Crippen LogP contribution in [-0.2, 0) is 14.4 Å². The maximum atomic E-state index is 14.1. The Balaban J connectivity index is 1.96. The number of oxime groups is 1. The van der Waals surface area contributed by atoms with Gasteiger partial charge in [0.2, 0.25) is 5.96 Å². The minimum absolute atomic E-state index is 0.200. The Morgan fingerprint density at radius 3 is 2.52 bits per heavy atom. The molecule has 0 amide bonds. The van der Waals surface area contributed by atoms with Gasteiger partial charge in [-0.2, -0.15) is 8.42 Å². The van der Waals surface area contributed by atoms with Gasteiger partial charge in [0, 0.05) is 15.6 Å². The first-order valence-corrected chi connectivity index (χ1v) is 9.97. The van der Waals surface area contributed by atoms with Gasteiger partial charge in [0.05, 0.1) is 4.88 Å². The van der Waals surface area contributed by atoms with Gasteiger partial charge in [-0.25, -0.2) is 4.39 Å². The lowest BCUT2D eigenvalue weighted by atomic mass is 10.0. The van der Waals surface area contributed by atoms with E-state index >= 15 is 0 Å². The molecule has 0 aliphatic heterocycles. The topological polar surface area (TPSA) is 125 Å². The third-order valence-electron chi connectivity index (χ3n) is 3.56. The van der Waals surface area contributed by atoms with Crippen molar-refractivity contribution in [2.75, 3.05) is 5.75 Å². The third-order valence-corrected chi connectivity index (χ3v) is 5.62. The predicted molar refractivity (Wildman–Crippen MR) is 102 cm³/mol. The summed E-state index contributed by atoms with van der Waals surface area (Å²) in [6, 6.07) is 13.1. The van der Waals surface area contributed by atoms with E-state index in [0.717, 1.165) is 16.0 Å². The number of nitrogens with two attached hydrogens (primary N) is 2. The fourth-order valence-electron chi connectivity index (χ4n) is 2.47. The molecule has 0 bridgehead atoms. The summed E-state index contributed by atoms with van der Waals surface area (Å²) >= 11 is 1.11. The van der Waals surface area contributed by atoms with Crippen LogP contribution in [0.15, 0.2) is 53.7 Å². The Labute approximate surface area is 158 Å². The first-order valence-electron chi connectivity index (χ1n) is 7.58. The monoisotopic (exact) mass is 407 g/mol. The van der Waals surface area contributed by atoms with Crippen LogP contribution in [0, 0.1) is 5.82 Å².